The maximum atomic E-state index is 10.8. The second kappa shape index (κ2) is 18.6. The van der Waals surface area contributed by atoms with Crippen molar-refractivity contribution < 1.29 is 20.2 Å². The van der Waals surface area contributed by atoms with Crippen LogP contribution in [0.15, 0.2) is 12.7 Å². The fourth-order valence-electron chi connectivity index (χ4n) is 1.92. The zero-order chi connectivity index (χ0) is 14.3. The van der Waals surface area contributed by atoms with Crippen LogP contribution in [0.5, 0.6) is 0 Å². The van der Waals surface area contributed by atoms with E-state index in [0.29, 0.717) is 0 Å². The lowest BCUT2D eigenvalue weighted by molar-refractivity contribution is -0.305. The molecule has 0 aromatic rings. The number of nitrogens with one attached hydrogen (secondary N) is 1. The third-order valence-electron chi connectivity index (χ3n) is 3.04. The Bertz CT molecular complexity index is 270. The van der Waals surface area contributed by atoms with E-state index in [2.05, 4.69) is 11.9 Å². The Morgan fingerprint density at radius 2 is 1.33 bits per heavy atom. The molecule has 1 amide bonds. The predicted molar refractivity (Wildman–Crippen MR) is 84.0 cm³/mol. The molecule has 7 N–H and O–H groups in total. The number of hydrogen-bond donors (Lipinski definition) is 2. The molecule has 21 heavy (non-hydrogen) atoms. The van der Waals surface area contributed by atoms with Gasteiger partial charge >= 0.3 is 0 Å². The Kier molecular flexibility index (Phi) is 21.8. The van der Waals surface area contributed by atoms with Crippen LogP contribution in [0.1, 0.15) is 64.2 Å². The zero-order valence-electron chi connectivity index (χ0n) is 13.3. The fraction of sp³-hybridized carbons (Fsp3) is 0.733. The van der Waals surface area contributed by atoms with Crippen LogP contribution in [0.4, 0.5) is 0 Å². The Labute approximate surface area is 127 Å². The van der Waals surface area contributed by atoms with E-state index < -0.39 is 5.97 Å². The minimum Gasteiger partial charge on any atom is -0.550 e. The van der Waals surface area contributed by atoms with Gasteiger partial charge in [0.25, 0.3) is 0 Å². The van der Waals surface area contributed by atoms with E-state index in [1.165, 1.54) is 31.8 Å². The highest BCUT2D eigenvalue weighted by molar-refractivity contribution is 5.86. The van der Waals surface area contributed by atoms with Crippen molar-refractivity contribution in [3.8, 4) is 0 Å². The molecule has 0 saturated carbocycles. The highest BCUT2D eigenvalue weighted by Crippen LogP contribution is 2.10. The van der Waals surface area contributed by atoms with Crippen LogP contribution in [0.2, 0.25) is 0 Å². The standard InChI is InChI=1S/C15H27NO3.H3N.H2O/c1-2-14(17)16-13-11-9-7-5-3-4-6-8-10-12-15(18)19;;/h2H,1,3-13H2,(H,16,17)(H,18,19);1H3;1H2. The average molecular weight is 304 g/mol. The topological polar surface area (TPSA) is 137 Å². The molecule has 0 aromatic carbocycles. The van der Waals surface area contributed by atoms with Gasteiger partial charge in [0.05, 0.1) is 0 Å². The van der Waals surface area contributed by atoms with Crippen molar-refractivity contribution in [2.75, 3.05) is 6.54 Å². The highest BCUT2D eigenvalue weighted by atomic mass is 16.4. The SMILES string of the molecule is C=CC(=O)NCCCCCCCCCCCC(=O)[O-].O.[NH4+]. The molecule has 0 rings (SSSR count). The number of rotatable bonds is 13. The van der Waals surface area contributed by atoms with E-state index in [4.69, 9.17) is 0 Å². The number of hydrogen-bond acceptors (Lipinski definition) is 3. The number of unbranched alkanes of at least 4 members (excludes halogenated alkanes) is 8. The summed E-state index contributed by atoms with van der Waals surface area (Å²) >= 11 is 0. The number of quaternary nitrogens is 1. The molecule has 6 heteroatoms. The first-order valence-electron chi connectivity index (χ1n) is 7.27. The number of aliphatic carboxylic acids is 1. The van der Waals surface area contributed by atoms with Gasteiger partial charge in [-0.25, -0.2) is 0 Å². The third kappa shape index (κ3) is 21.1. The molecule has 0 aromatic heterocycles. The Morgan fingerprint density at radius 3 is 1.76 bits per heavy atom. The number of carboxylic acid groups (broad SMARTS) is 1. The number of amides is 1. The molecule has 6 nitrogen and oxygen atoms in total. The lowest BCUT2D eigenvalue weighted by atomic mass is 10.1. The van der Waals surface area contributed by atoms with Crippen LogP contribution >= 0.6 is 0 Å². The van der Waals surface area contributed by atoms with Gasteiger partial charge in [0.15, 0.2) is 0 Å². The zero-order valence-corrected chi connectivity index (χ0v) is 13.3. The van der Waals surface area contributed by atoms with Crippen LogP contribution in [-0.2, 0) is 9.59 Å². The molecule has 0 aliphatic heterocycles. The second-order valence-electron chi connectivity index (χ2n) is 4.80. The molecule has 0 radical (unpaired) electrons. The van der Waals surface area contributed by atoms with E-state index in [0.717, 1.165) is 38.6 Å². The van der Waals surface area contributed by atoms with Crippen molar-refractivity contribution in [1.29, 1.82) is 0 Å². The highest BCUT2D eigenvalue weighted by Gasteiger charge is 1.95. The Hall–Kier alpha value is -1.40. The number of carbonyl (C=O) groups is 2. The summed E-state index contributed by atoms with van der Waals surface area (Å²) in [5.41, 5.74) is 0. The van der Waals surface area contributed by atoms with Gasteiger partial charge in [-0.3, -0.25) is 4.79 Å². The number of carbonyl (C=O) groups excluding carboxylic acids is 2. The van der Waals surface area contributed by atoms with Crippen LogP contribution in [0, 0.1) is 0 Å². The molecule has 126 valence electrons. The maximum Gasteiger partial charge on any atom is 0.243 e. The summed E-state index contributed by atoms with van der Waals surface area (Å²) in [5, 5.41) is 12.9. The monoisotopic (exact) mass is 304 g/mol. The van der Waals surface area contributed by atoms with Crippen LogP contribution in [-0.4, -0.2) is 23.9 Å². The Morgan fingerprint density at radius 1 is 0.905 bits per heavy atom. The van der Waals surface area contributed by atoms with Crippen molar-refractivity contribution in [2.24, 2.45) is 0 Å². The first-order chi connectivity index (χ1) is 9.16. The molecule has 0 saturated heterocycles. The van der Waals surface area contributed by atoms with E-state index in [1.807, 2.05) is 0 Å². The summed E-state index contributed by atoms with van der Waals surface area (Å²) in [7, 11) is 0. The van der Waals surface area contributed by atoms with Crippen molar-refractivity contribution in [2.45, 2.75) is 64.2 Å². The van der Waals surface area contributed by atoms with E-state index in [1.54, 1.807) is 0 Å². The van der Waals surface area contributed by atoms with Crippen molar-refractivity contribution in [3.63, 3.8) is 0 Å². The number of carboxylic acids is 1. The molecule has 0 spiro atoms. The first-order valence-corrected chi connectivity index (χ1v) is 7.27. The molecule has 0 aliphatic carbocycles. The average Bonchev–Trinajstić information content (AvgIpc) is 2.39. The van der Waals surface area contributed by atoms with Gasteiger partial charge in [-0.05, 0) is 25.3 Å². The summed E-state index contributed by atoms with van der Waals surface area (Å²) in [6.07, 6.45) is 11.3. The molecule has 0 bridgehead atoms. The Balaban J connectivity index is -0.00000162. The lowest BCUT2D eigenvalue weighted by Gasteiger charge is -2.04. The van der Waals surface area contributed by atoms with Crippen LogP contribution in [0.25, 0.3) is 0 Å². The van der Waals surface area contributed by atoms with Gasteiger partial charge in [0.2, 0.25) is 5.91 Å². The molecule has 0 unspecified atom stereocenters. The van der Waals surface area contributed by atoms with Crippen LogP contribution < -0.4 is 16.6 Å². The third-order valence-corrected chi connectivity index (χ3v) is 3.04. The van der Waals surface area contributed by atoms with Gasteiger partial charge in [0, 0.05) is 12.5 Å². The minimum atomic E-state index is -0.941. The van der Waals surface area contributed by atoms with Crippen molar-refractivity contribution >= 4 is 11.9 Å². The van der Waals surface area contributed by atoms with Gasteiger partial charge in [-0.2, -0.15) is 0 Å². The summed E-state index contributed by atoms with van der Waals surface area (Å²) in [5.74, 6) is -1.04. The van der Waals surface area contributed by atoms with Crippen LogP contribution in [0.3, 0.4) is 0 Å². The predicted octanol–water partition coefficient (Wildman–Crippen LogP) is 1.49. The van der Waals surface area contributed by atoms with Gasteiger partial charge in [0.1, 0.15) is 0 Å². The van der Waals surface area contributed by atoms with Crippen molar-refractivity contribution in [1.82, 2.24) is 11.5 Å². The lowest BCUT2D eigenvalue weighted by Crippen LogP contribution is -2.21. The molecular weight excluding hydrogens is 272 g/mol. The molecule has 0 fully saturated rings. The van der Waals surface area contributed by atoms with E-state index in [-0.39, 0.29) is 24.0 Å². The van der Waals surface area contributed by atoms with Gasteiger partial charge in [-0.15, -0.1) is 0 Å². The smallest absolute Gasteiger partial charge is 0.243 e. The summed E-state index contributed by atoms with van der Waals surface area (Å²) in [6.45, 7) is 4.12. The fourth-order valence-corrected chi connectivity index (χ4v) is 1.92. The quantitative estimate of drug-likeness (QED) is 0.393. The minimum absolute atomic E-state index is 0. The van der Waals surface area contributed by atoms with E-state index >= 15 is 0 Å². The first kappa shape index (κ1) is 24.6. The molecule has 0 heterocycles. The van der Waals surface area contributed by atoms with Crippen molar-refractivity contribution in [3.05, 3.63) is 12.7 Å². The van der Waals surface area contributed by atoms with E-state index in [9.17, 15) is 14.7 Å². The normalized spacial score (nSPS) is 9.14. The van der Waals surface area contributed by atoms with Gasteiger partial charge < -0.3 is 26.8 Å². The second-order valence-corrected chi connectivity index (χ2v) is 4.80. The largest absolute Gasteiger partial charge is 0.550 e. The summed E-state index contributed by atoms with van der Waals surface area (Å²) in [6, 6.07) is 0. The summed E-state index contributed by atoms with van der Waals surface area (Å²) in [4.78, 5) is 21.0. The molecule has 0 atom stereocenters. The molecular formula is C15H32N2O4. The molecule has 0 aliphatic rings. The maximum absolute atomic E-state index is 10.8. The summed E-state index contributed by atoms with van der Waals surface area (Å²) < 4.78 is 0. The van der Waals surface area contributed by atoms with Gasteiger partial charge in [-0.1, -0.05) is 51.5 Å².